The number of carboxylic acids is 1. The van der Waals surface area contributed by atoms with Crippen LogP contribution in [0.15, 0.2) is 24.4 Å². The van der Waals surface area contributed by atoms with Crippen LogP contribution in [0.2, 0.25) is 0 Å². The smallest absolute Gasteiger partial charge is 0.335 e. The van der Waals surface area contributed by atoms with Gasteiger partial charge in [-0.05, 0) is 18.2 Å². The van der Waals surface area contributed by atoms with E-state index in [4.69, 9.17) is 5.11 Å². The van der Waals surface area contributed by atoms with Gasteiger partial charge < -0.3 is 10.2 Å². The molecule has 2 N–H and O–H groups in total. The summed E-state index contributed by atoms with van der Waals surface area (Å²) in [6.07, 6.45) is 1.66. The SMILES string of the molecule is O=C(O)c1ccc(O)c(C=C[N+](=O)[O-])c1. The van der Waals surface area contributed by atoms with Crippen LogP contribution in [-0.2, 0) is 0 Å². The fourth-order valence-corrected chi connectivity index (χ4v) is 0.962. The van der Waals surface area contributed by atoms with Gasteiger partial charge >= 0.3 is 5.97 Å². The second kappa shape index (κ2) is 4.23. The number of phenols is 1. The van der Waals surface area contributed by atoms with Gasteiger partial charge in [0.05, 0.1) is 10.5 Å². The minimum atomic E-state index is -1.16. The number of hydrogen-bond acceptors (Lipinski definition) is 4. The molecule has 0 fully saturated rings. The first-order valence-electron chi connectivity index (χ1n) is 3.88. The van der Waals surface area contributed by atoms with E-state index < -0.39 is 10.9 Å². The summed E-state index contributed by atoms with van der Waals surface area (Å²) in [6.45, 7) is 0. The lowest BCUT2D eigenvalue weighted by molar-refractivity contribution is -0.400. The Hall–Kier alpha value is -2.37. The maximum Gasteiger partial charge on any atom is 0.335 e. The lowest BCUT2D eigenvalue weighted by Crippen LogP contribution is -1.96. The van der Waals surface area contributed by atoms with Crippen molar-refractivity contribution in [2.75, 3.05) is 0 Å². The molecule has 6 nitrogen and oxygen atoms in total. The first-order valence-corrected chi connectivity index (χ1v) is 3.88. The number of benzene rings is 1. The summed E-state index contributed by atoms with van der Waals surface area (Å²) in [4.78, 5) is 19.9. The van der Waals surface area contributed by atoms with Crippen LogP contribution in [0.25, 0.3) is 6.08 Å². The van der Waals surface area contributed by atoms with E-state index in [0.717, 1.165) is 12.1 Å². The third-order valence-electron chi connectivity index (χ3n) is 1.65. The Morgan fingerprint density at radius 1 is 1.47 bits per heavy atom. The van der Waals surface area contributed by atoms with Crippen molar-refractivity contribution >= 4 is 12.0 Å². The normalized spacial score (nSPS) is 10.4. The average molecular weight is 209 g/mol. The van der Waals surface area contributed by atoms with Crippen LogP contribution in [-0.4, -0.2) is 21.1 Å². The van der Waals surface area contributed by atoms with Crippen LogP contribution in [0, 0.1) is 10.1 Å². The van der Waals surface area contributed by atoms with Gasteiger partial charge in [-0.1, -0.05) is 0 Å². The minimum Gasteiger partial charge on any atom is -0.507 e. The van der Waals surface area contributed by atoms with Gasteiger partial charge in [0.2, 0.25) is 6.20 Å². The molecule has 78 valence electrons. The van der Waals surface area contributed by atoms with Crippen molar-refractivity contribution in [3.63, 3.8) is 0 Å². The van der Waals surface area contributed by atoms with Gasteiger partial charge in [-0.2, -0.15) is 0 Å². The Bertz CT molecular complexity index is 438. The first-order chi connectivity index (χ1) is 7.00. The van der Waals surface area contributed by atoms with E-state index in [2.05, 4.69) is 0 Å². The van der Waals surface area contributed by atoms with Crippen molar-refractivity contribution in [2.24, 2.45) is 0 Å². The van der Waals surface area contributed by atoms with Crippen molar-refractivity contribution in [2.45, 2.75) is 0 Å². The second-order valence-electron chi connectivity index (χ2n) is 2.68. The number of aromatic hydroxyl groups is 1. The fourth-order valence-electron chi connectivity index (χ4n) is 0.962. The molecule has 0 bridgehead atoms. The fraction of sp³-hybridized carbons (Fsp3) is 0. The predicted octanol–water partition coefficient (Wildman–Crippen LogP) is 1.34. The molecule has 0 unspecified atom stereocenters. The molecule has 0 aromatic heterocycles. The van der Waals surface area contributed by atoms with E-state index in [1.807, 2.05) is 0 Å². The molecule has 6 heteroatoms. The largest absolute Gasteiger partial charge is 0.507 e. The highest BCUT2D eigenvalue weighted by molar-refractivity contribution is 5.88. The van der Waals surface area contributed by atoms with Crippen LogP contribution in [0.3, 0.4) is 0 Å². The summed E-state index contributed by atoms with van der Waals surface area (Å²) < 4.78 is 0. The highest BCUT2D eigenvalue weighted by Crippen LogP contribution is 2.19. The van der Waals surface area contributed by atoms with E-state index in [1.54, 1.807) is 0 Å². The average Bonchev–Trinajstić information content (AvgIpc) is 2.16. The van der Waals surface area contributed by atoms with Crippen molar-refractivity contribution in [3.05, 3.63) is 45.6 Å². The van der Waals surface area contributed by atoms with Crippen molar-refractivity contribution in [1.29, 1.82) is 0 Å². The van der Waals surface area contributed by atoms with Crippen LogP contribution >= 0.6 is 0 Å². The number of carboxylic acid groups (broad SMARTS) is 1. The number of aromatic carboxylic acids is 1. The molecule has 0 spiro atoms. The van der Waals surface area contributed by atoms with Gasteiger partial charge in [0, 0.05) is 11.6 Å². The molecule has 0 radical (unpaired) electrons. The molecule has 0 atom stereocenters. The van der Waals surface area contributed by atoms with Gasteiger partial charge in [-0.25, -0.2) is 4.79 Å². The van der Waals surface area contributed by atoms with E-state index in [-0.39, 0.29) is 16.9 Å². The molecule has 0 heterocycles. The Labute approximate surface area is 84.2 Å². The molecule has 0 amide bonds. The summed E-state index contributed by atoms with van der Waals surface area (Å²) in [6, 6.07) is 3.53. The second-order valence-corrected chi connectivity index (χ2v) is 2.68. The van der Waals surface area contributed by atoms with Crippen molar-refractivity contribution in [1.82, 2.24) is 0 Å². The molecular formula is C9H7NO5. The predicted molar refractivity (Wildman–Crippen MR) is 51.1 cm³/mol. The number of rotatable bonds is 3. The molecule has 0 saturated carbocycles. The Kier molecular flexibility index (Phi) is 3.02. The Balaban J connectivity index is 3.11. The molecule has 1 aromatic carbocycles. The number of nitro groups is 1. The van der Waals surface area contributed by atoms with E-state index in [1.165, 1.54) is 12.1 Å². The molecule has 15 heavy (non-hydrogen) atoms. The third kappa shape index (κ3) is 2.80. The standard InChI is InChI=1S/C9H7NO5/c11-8-2-1-7(9(12)13)5-6(8)3-4-10(14)15/h1-5,11H,(H,12,13). The molecule has 0 saturated heterocycles. The zero-order valence-corrected chi connectivity index (χ0v) is 7.45. The van der Waals surface area contributed by atoms with Gasteiger partial charge in [-0.15, -0.1) is 0 Å². The van der Waals surface area contributed by atoms with E-state index in [9.17, 15) is 20.0 Å². The molecule has 1 rings (SSSR count). The minimum absolute atomic E-state index is 0.0456. The van der Waals surface area contributed by atoms with E-state index in [0.29, 0.717) is 6.20 Å². The third-order valence-corrected chi connectivity index (χ3v) is 1.65. The van der Waals surface area contributed by atoms with Gasteiger partial charge in [0.1, 0.15) is 5.75 Å². The highest BCUT2D eigenvalue weighted by Gasteiger charge is 2.06. The summed E-state index contributed by atoms with van der Waals surface area (Å²) in [5.74, 6) is -1.37. The van der Waals surface area contributed by atoms with Gasteiger partial charge in [-0.3, -0.25) is 10.1 Å². The maximum atomic E-state index is 10.6. The van der Waals surface area contributed by atoms with Gasteiger partial charge in [0.15, 0.2) is 0 Å². The lowest BCUT2D eigenvalue weighted by Gasteiger charge is -1.99. The Morgan fingerprint density at radius 2 is 2.13 bits per heavy atom. The quantitative estimate of drug-likeness (QED) is 0.577. The highest BCUT2D eigenvalue weighted by atomic mass is 16.6. The summed E-state index contributed by atoms with van der Waals surface area (Å²) >= 11 is 0. The van der Waals surface area contributed by atoms with Crippen LogP contribution in [0.5, 0.6) is 5.75 Å². The Morgan fingerprint density at radius 3 is 2.67 bits per heavy atom. The van der Waals surface area contributed by atoms with E-state index >= 15 is 0 Å². The number of nitrogens with zero attached hydrogens (tertiary/aromatic N) is 1. The van der Waals surface area contributed by atoms with Crippen molar-refractivity contribution < 1.29 is 19.9 Å². The first kappa shape index (κ1) is 10.7. The topological polar surface area (TPSA) is 101 Å². The van der Waals surface area contributed by atoms with Crippen LogP contribution < -0.4 is 0 Å². The van der Waals surface area contributed by atoms with Crippen LogP contribution in [0.4, 0.5) is 0 Å². The van der Waals surface area contributed by atoms with Crippen LogP contribution in [0.1, 0.15) is 15.9 Å². The molecule has 0 aliphatic carbocycles. The molecule has 1 aromatic rings. The summed E-state index contributed by atoms with van der Waals surface area (Å²) in [5, 5.41) is 27.9. The molecular weight excluding hydrogens is 202 g/mol. The summed E-state index contributed by atoms with van der Waals surface area (Å²) in [5.41, 5.74) is 0.0439. The lowest BCUT2D eigenvalue weighted by atomic mass is 10.1. The van der Waals surface area contributed by atoms with Crippen molar-refractivity contribution in [3.8, 4) is 5.75 Å². The maximum absolute atomic E-state index is 10.6. The monoisotopic (exact) mass is 209 g/mol. The number of hydrogen-bond donors (Lipinski definition) is 2. The zero-order valence-electron chi connectivity index (χ0n) is 7.45. The number of carbonyl (C=O) groups is 1. The summed E-state index contributed by atoms with van der Waals surface area (Å²) in [7, 11) is 0. The zero-order chi connectivity index (χ0) is 11.4. The van der Waals surface area contributed by atoms with Gasteiger partial charge in [0.25, 0.3) is 0 Å². The molecule has 0 aliphatic heterocycles. The molecule has 0 aliphatic rings. The number of phenolic OH excluding ortho intramolecular Hbond substituents is 1.